The number of nitrogens with two attached hydrogens (primary N) is 1. The van der Waals surface area contributed by atoms with Gasteiger partial charge in [-0.3, -0.25) is 14.9 Å². The van der Waals surface area contributed by atoms with E-state index in [9.17, 15) is 9.59 Å². The van der Waals surface area contributed by atoms with Gasteiger partial charge in [0.15, 0.2) is 5.13 Å². The van der Waals surface area contributed by atoms with Crippen molar-refractivity contribution in [3.63, 3.8) is 0 Å². The molecule has 22 heavy (non-hydrogen) atoms. The lowest BCUT2D eigenvalue weighted by Crippen LogP contribution is -2.45. The van der Waals surface area contributed by atoms with Crippen molar-refractivity contribution in [1.29, 1.82) is 0 Å². The molecule has 2 aromatic heterocycles. The number of primary amides is 1. The largest absolute Gasteiger partial charge is 0.366 e. The molecule has 1 fully saturated rings. The fourth-order valence-corrected chi connectivity index (χ4v) is 2.79. The van der Waals surface area contributed by atoms with E-state index in [0.29, 0.717) is 29.7 Å². The van der Waals surface area contributed by atoms with Gasteiger partial charge in [0, 0.05) is 30.2 Å². The topological polar surface area (TPSA) is 122 Å². The second-order valence-corrected chi connectivity index (χ2v) is 5.62. The van der Waals surface area contributed by atoms with E-state index in [1.165, 1.54) is 11.3 Å². The molecule has 1 saturated heterocycles. The van der Waals surface area contributed by atoms with Crippen LogP contribution in [-0.4, -0.2) is 47.6 Å². The molecular formula is C13H15N5O3S. The highest BCUT2D eigenvalue weighted by molar-refractivity contribution is 7.14. The molecule has 0 aliphatic carbocycles. The predicted octanol–water partition coefficient (Wildman–Crippen LogP) is 0.164. The van der Waals surface area contributed by atoms with Crippen molar-refractivity contribution in [3.05, 3.63) is 23.3 Å². The normalized spacial score (nSPS) is 18.1. The highest BCUT2D eigenvalue weighted by Gasteiger charge is 2.22. The Bertz CT molecular complexity index is 689. The fraction of sp³-hybridized carbons (Fsp3) is 0.308. The summed E-state index contributed by atoms with van der Waals surface area (Å²) in [6.07, 6.45) is 1.14. The molecule has 2 aromatic rings. The predicted molar refractivity (Wildman–Crippen MR) is 81.7 cm³/mol. The number of carbonyl (C=O) groups excluding carboxylic acids is 2. The van der Waals surface area contributed by atoms with E-state index in [4.69, 9.17) is 10.5 Å². The van der Waals surface area contributed by atoms with E-state index in [1.807, 2.05) is 0 Å². The van der Waals surface area contributed by atoms with E-state index in [-0.39, 0.29) is 5.91 Å². The van der Waals surface area contributed by atoms with Crippen molar-refractivity contribution in [2.45, 2.75) is 6.10 Å². The number of nitrogens with one attached hydrogen (secondary N) is 3. The summed E-state index contributed by atoms with van der Waals surface area (Å²) in [5.41, 5.74) is 6.91. The highest BCUT2D eigenvalue weighted by atomic mass is 32.1. The van der Waals surface area contributed by atoms with Crippen LogP contribution in [0.4, 0.5) is 5.13 Å². The average Bonchev–Trinajstić information content (AvgIpc) is 3.16. The van der Waals surface area contributed by atoms with Crippen LogP contribution in [0.1, 0.15) is 10.5 Å². The van der Waals surface area contributed by atoms with Crippen LogP contribution in [0.15, 0.2) is 17.6 Å². The minimum atomic E-state index is -0.531. The van der Waals surface area contributed by atoms with Gasteiger partial charge in [-0.15, -0.1) is 11.3 Å². The lowest BCUT2D eigenvalue weighted by molar-refractivity contribution is -0.128. The minimum absolute atomic E-state index is 0.222. The van der Waals surface area contributed by atoms with Gasteiger partial charge >= 0.3 is 0 Å². The molecule has 0 aromatic carbocycles. The van der Waals surface area contributed by atoms with Gasteiger partial charge in [-0.05, 0) is 6.07 Å². The number of hydrogen-bond donors (Lipinski definition) is 4. The first-order valence-electron chi connectivity index (χ1n) is 6.71. The van der Waals surface area contributed by atoms with E-state index < -0.39 is 12.0 Å². The Hall–Kier alpha value is -2.23. The number of morpholine rings is 1. The summed E-state index contributed by atoms with van der Waals surface area (Å²) in [6, 6.07) is 1.62. The van der Waals surface area contributed by atoms with E-state index in [2.05, 4.69) is 20.6 Å². The number of anilines is 1. The lowest BCUT2D eigenvalue weighted by atomic mass is 10.2. The molecule has 0 radical (unpaired) electrons. The van der Waals surface area contributed by atoms with E-state index >= 15 is 0 Å². The fourth-order valence-electron chi connectivity index (χ4n) is 2.07. The molecule has 0 spiro atoms. The molecule has 116 valence electrons. The Morgan fingerprint density at radius 2 is 2.36 bits per heavy atom. The Balaban J connectivity index is 1.67. The number of thiazole rings is 1. The van der Waals surface area contributed by atoms with Crippen molar-refractivity contribution >= 4 is 28.3 Å². The third kappa shape index (κ3) is 3.16. The van der Waals surface area contributed by atoms with Gasteiger partial charge in [0.2, 0.25) is 0 Å². The number of aromatic nitrogens is 2. The molecule has 1 aliphatic rings. The molecule has 8 nitrogen and oxygen atoms in total. The minimum Gasteiger partial charge on any atom is -0.366 e. The molecule has 3 rings (SSSR count). The number of hydrogen-bond acceptors (Lipinski definition) is 6. The van der Waals surface area contributed by atoms with Gasteiger partial charge in [0.1, 0.15) is 11.8 Å². The first-order valence-corrected chi connectivity index (χ1v) is 7.59. The summed E-state index contributed by atoms with van der Waals surface area (Å²) in [5, 5.41) is 8.11. The Labute approximate surface area is 130 Å². The van der Waals surface area contributed by atoms with Crippen LogP contribution in [0.2, 0.25) is 0 Å². The first kappa shape index (κ1) is 14.7. The van der Waals surface area contributed by atoms with E-state index in [0.717, 1.165) is 12.1 Å². The van der Waals surface area contributed by atoms with Gasteiger partial charge in [0.25, 0.3) is 11.8 Å². The van der Waals surface area contributed by atoms with Crippen LogP contribution < -0.4 is 16.4 Å². The van der Waals surface area contributed by atoms with Crippen molar-refractivity contribution in [1.82, 2.24) is 15.3 Å². The van der Waals surface area contributed by atoms with Crippen LogP contribution in [-0.2, 0) is 9.53 Å². The molecule has 0 saturated carbocycles. The van der Waals surface area contributed by atoms with Crippen LogP contribution in [0.25, 0.3) is 11.3 Å². The monoisotopic (exact) mass is 321 g/mol. The zero-order chi connectivity index (χ0) is 15.5. The summed E-state index contributed by atoms with van der Waals surface area (Å²) in [4.78, 5) is 30.2. The molecule has 3 heterocycles. The molecule has 1 atom stereocenters. The molecule has 9 heteroatoms. The SMILES string of the molecule is NC(=O)c1cc(-c2csc(NC(=O)C3CNCCO3)n2)c[nH]1. The van der Waals surface area contributed by atoms with Crippen molar-refractivity contribution in [2.24, 2.45) is 5.73 Å². The highest BCUT2D eigenvalue weighted by Crippen LogP contribution is 2.25. The molecule has 1 aliphatic heterocycles. The standard InChI is InChI=1S/C13H15N5O3S/c14-11(19)8-3-7(4-16-8)9-6-22-13(17-9)18-12(20)10-5-15-1-2-21-10/h3-4,6,10,15-16H,1-2,5H2,(H2,14,19)(H,17,18,20). The van der Waals surface area contributed by atoms with Crippen LogP contribution in [0.5, 0.6) is 0 Å². The number of rotatable bonds is 4. The number of ether oxygens (including phenoxy) is 1. The maximum atomic E-state index is 12.0. The Morgan fingerprint density at radius 3 is 3.05 bits per heavy atom. The van der Waals surface area contributed by atoms with Crippen molar-refractivity contribution < 1.29 is 14.3 Å². The maximum Gasteiger partial charge on any atom is 0.265 e. The number of carbonyl (C=O) groups is 2. The lowest BCUT2D eigenvalue weighted by Gasteiger charge is -2.22. The average molecular weight is 321 g/mol. The third-order valence-corrected chi connectivity index (χ3v) is 3.96. The van der Waals surface area contributed by atoms with Crippen LogP contribution in [0, 0.1) is 0 Å². The molecular weight excluding hydrogens is 306 g/mol. The van der Waals surface area contributed by atoms with E-state index in [1.54, 1.807) is 17.6 Å². The number of nitrogens with zero attached hydrogens (tertiary/aromatic N) is 1. The summed E-state index contributed by atoms with van der Waals surface area (Å²) in [5.74, 6) is -0.753. The summed E-state index contributed by atoms with van der Waals surface area (Å²) < 4.78 is 5.38. The summed E-state index contributed by atoms with van der Waals surface area (Å²) in [7, 11) is 0. The van der Waals surface area contributed by atoms with Crippen LogP contribution >= 0.6 is 11.3 Å². The molecule has 1 unspecified atom stereocenters. The van der Waals surface area contributed by atoms with Gasteiger partial charge < -0.3 is 20.8 Å². The number of amides is 2. The van der Waals surface area contributed by atoms with Gasteiger partial charge in [-0.25, -0.2) is 4.98 Å². The van der Waals surface area contributed by atoms with Crippen LogP contribution in [0.3, 0.4) is 0 Å². The maximum absolute atomic E-state index is 12.0. The summed E-state index contributed by atoms with van der Waals surface area (Å²) in [6.45, 7) is 1.76. The molecule has 0 bridgehead atoms. The van der Waals surface area contributed by atoms with Crippen molar-refractivity contribution in [3.8, 4) is 11.3 Å². The summed E-state index contributed by atoms with van der Waals surface area (Å²) >= 11 is 1.31. The first-order chi connectivity index (χ1) is 10.6. The quantitative estimate of drug-likeness (QED) is 0.639. The number of H-pyrrole nitrogens is 1. The van der Waals surface area contributed by atoms with Crippen molar-refractivity contribution in [2.75, 3.05) is 25.0 Å². The van der Waals surface area contributed by atoms with Gasteiger partial charge in [0.05, 0.1) is 12.3 Å². The Morgan fingerprint density at radius 1 is 1.50 bits per heavy atom. The molecule has 5 N–H and O–H groups in total. The zero-order valence-corrected chi connectivity index (χ0v) is 12.4. The third-order valence-electron chi connectivity index (χ3n) is 3.20. The van der Waals surface area contributed by atoms with Gasteiger partial charge in [-0.1, -0.05) is 0 Å². The zero-order valence-electron chi connectivity index (χ0n) is 11.6. The second-order valence-electron chi connectivity index (χ2n) is 4.76. The number of aromatic amines is 1. The smallest absolute Gasteiger partial charge is 0.265 e. The van der Waals surface area contributed by atoms with Gasteiger partial charge in [-0.2, -0.15) is 0 Å². The molecule has 2 amide bonds. The second kappa shape index (κ2) is 6.26. The Kier molecular flexibility index (Phi) is 4.18.